The van der Waals surface area contributed by atoms with Crippen molar-refractivity contribution in [3.8, 4) is 9.75 Å². The molecule has 2 aromatic heterocycles. The molecule has 29 heavy (non-hydrogen) atoms. The first-order valence-corrected chi connectivity index (χ1v) is 14.5. The zero-order valence-corrected chi connectivity index (χ0v) is 22.5. The molecule has 0 aliphatic rings. The maximum Gasteiger partial charge on any atom is 0.0477 e. The summed E-state index contributed by atoms with van der Waals surface area (Å²) in [6.07, 6.45) is 13.2. The summed E-state index contributed by atoms with van der Waals surface area (Å²) in [6.45, 7) is 11.7. The standard InChI is InChI=1S/C26H41BrS2/c1-6-7-8-11-14-21-18-24(29-25(21)20(4)5)26-22(15-12-9-10-13-16-27)17-23(28-26)19(2)3/h17-20H,6-16H2,1-5H3. The van der Waals surface area contributed by atoms with E-state index in [9.17, 15) is 0 Å². The quantitative estimate of drug-likeness (QED) is 0.180. The van der Waals surface area contributed by atoms with Gasteiger partial charge in [-0.05, 0) is 67.2 Å². The number of alkyl halides is 1. The molecule has 0 aliphatic carbocycles. The van der Waals surface area contributed by atoms with Gasteiger partial charge in [0, 0.05) is 24.8 Å². The Kier molecular flexibility index (Phi) is 11.6. The van der Waals surface area contributed by atoms with E-state index in [1.165, 1.54) is 69.1 Å². The first-order chi connectivity index (χ1) is 14.0. The van der Waals surface area contributed by atoms with E-state index in [4.69, 9.17) is 0 Å². The summed E-state index contributed by atoms with van der Waals surface area (Å²) < 4.78 is 0. The van der Waals surface area contributed by atoms with E-state index < -0.39 is 0 Å². The third-order valence-corrected chi connectivity index (χ3v) is 9.31. The lowest BCUT2D eigenvalue weighted by Gasteiger charge is -2.06. The summed E-state index contributed by atoms with van der Waals surface area (Å²) in [7, 11) is 0. The molecular weight excluding hydrogens is 456 g/mol. The molecule has 0 spiro atoms. The van der Waals surface area contributed by atoms with Crippen LogP contribution in [0.2, 0.25) is 0 Å². The molecule has 3 heteroatoms. The topological polar surface area (TPSA) is 0 Å². The van der Waals surface area contributed by atoms with E-state index in [1.807, 2.05) is 0 Å². The van der Waals surface area contributed by atoms with E-state index in [0.29, 0.717) is 11.8 Å². The van der Waals surface area contributed by atoms with Gasteiger partial charge in [-0.2, -0.15) is 0 Å². The summed E-state index contributed by atoms with van der Waals surface area (Å²) in [6, 6.07) is 5.07. The van der Waals surface area contributed by atoms with Crippen molar-refractivity contribution in [2.75, 3.05) is 5.33 Å². The Morgan fingerprint density at radius 2 is 1.41 bits per heavy atom. The zero-order chi connectivity index (χ0) is 21.2. The largest absolute Gasteiger partial charge is 0.139 e. The summed E-state index contributed by atoms with van der Waals surface area (Å²) in [4.78, 5) is 6.28. The van der Waals surface area contributed by atoms with Gasteiger partial charge >= 0.3 is 0 Å². The van der Waals surface area contributed by atoms with E-state index in [0.717, 1.165) is 5.33 Å². The Hall–Kier alpha value is -0.120. The van der Waals surface area contributed by atoms with Crippen LogP contribution in [0.5, 0.6) is 0 Å². The van der Waals surface area contributed by atoms with Gasteiger partial charge in [-0.25, -0.2) is 0 Å². The highest BCUT2D eigenvalue weighted by atomic mass is 79.9. The van der Waals surface area contributed by atoms with E-state index in [-0.39, 0.29) is 0 Å². The van der Waals surface area contributed by atoms with Crippen LogP contribution in [-0.2, 0) is 12.8 Å². The lowest BCUT2D eigenvalue weighted by atomic mass is 10.0. The van der Waals surface area contributed by atoms with Crippen LogP contribution in [0.3, 0.4) is 0 Å². The SMILES string of the molecule is CCCCCCc1cc(-c2sc(C(C)C)cc2CCCCCCBr)sc1C(C)C. The highest BCUT2D eigenvalue weighted by molar-refractivity contribution is 9.09. The number of hydrogen-bond donors (Lipinski definition) is 0. The van der Waals surface area contributed by atoms with Crippen molar-refractivity contribution in [3.05, 3.63) is 33.0 Å². The van der Waals surface area contributed by atoms with Crippen molar-refractivity contribution in [2.24, 2.45) is 0 Å². The molecule has 2 aromatic rings. The number of halogens is 1. The van der Waals surface area contributed by atoms with Crippen LogP contribution in [0, 0.1) is 0 Å². The van der Waals surface area contributed by atoms with Gasteiger partial charge in [0.05, 0.1) is 0 Å². The van der Waals surface area contributed by atoms with Crippen LogP contribution in [0.25, 0.3) is 9.75 Å². The summed E-state index contributed by atoms with van der Waals surface area (Å²) in [5, 5.41) is 1.14. The molecule has 164 valence electrons. The Labute approximate surface area is 196 Å². The Balaban J connectivity index is 2.22. The monoisotopic (exact) mass is 496 g/mol. The van der Waals surface area contributed by atoms with Gasteiger partial charge < -0.3 is 0 Å². The third-order valence-electron chi connectivity index (χ3n) is 5.62. The highest BCUT2D eigenvalue weighted by Crippen LogP contribution is 2.43. The van der Waals surface area contributed by atoms with Crippen molar-refractivity contribution in [1.29, 1.82) is 0 Å². The molecular formula is C26H41BrS2. The van der Waals surface area contributed by atoms with Gasteiger partial charge in [0.1, 0.15) is 0 Å². The molecule has 0 unspecified atom stereocenters. The fraction of sp³-hybridized carbons (Fsp3) is 0.692. The van der Waals surface area contributed by atoms with Gasteiger partial charge in [0.15, 0.2) is 0 Å². The smallest absolute Gasteiger partial charge is 0.0477 e. The van der Waals surface area contributed by atoms with Crippen LogP contribution in [0.1, 0.15) is 119 Å². The Morgan fingerprint density at radius 1 is 0.759 bits per heavy atom. The van der Waals surface area contributed by atoms with Crippen LogP contribution >= 0.6 is 38.6 Å². The van der Waals surface area contributed by atoms with Crippen molar-refractivity contribution < 1.29 is 0 Å². The number of rotatable bonds is 14. The molecule has 2 heterocycles. The first-order valence-electron chi connectivity index (χ1n) is 11.8. The average Bonchev–Trinajstić information content (AvgIpc) is 3.29. The second-order valence-corrected chi connectivity index (χ2v) is 11.9. The van der Waals surface area contributed by atoms with E-state index >= 15 is 0 Å². The van der Waals surface area contributed by atoms with Gasteiger partial charge in [-0.1, -0.05) is 82.7 Å². The van der Waals surface area contributed by atoms with Gasteiger partial charge in [0.2, 0.25) is 0 Å². The lowest BCUT2D eigenvalue weighted by Crippen LogP contribution is -1.91. The second-order valence-electron chi connectivity index (χ2n) is 8.98. The first kappa shape index (κ1) is 25.1. The summed E-state index contributed by atoms with van der Waals surface area (Å²) in [5.74, 6) is 1.26. The van der Waals surface area contributed by atoms with Crippen LogP contribution in [-0.4, -0.2) is 5.33 Å². The molecule has 0 radical (unpaired) electrons. The van der Waals surface area contributed by atoms with Crippen molar-refractivity contribution >= 4 is 38.6 Å². The molecule has 0 bridgehead atoms. The minimum atomic E-state index is 0.624. The van der Waals surface area contributed by atoms with Crippen LogP contribution < -0.4 is 0 Å². The zero-order valence-electron chi connectivity index (χ0n) is 19.3. The minimum absolute atomic E-state index is 0.624. The molecule has 0 nitrogen and oxygen atoms in total. The van der Waals surface area contributed by atoms with Crippen LogP contribution in [0.15, 0.2) is 12.1 Å². The number of aryl methyl sites for hydroxylation is 2. The Bertz CT molecular complexity index is 708. The minimum Gasteiger partial charge on any atom is -0.139 e. The third kappa shape index (κ3) is 7.82. The number of thiophene rings is 2. The highest BCUT2D eigenvalue weighted by Gasteiger charge is 2.18. The maximum absolute atomic E-state index is 3.56. The maximum atomic E-state index is 3.56. The summed E-state index contributed by atoms with van der Waals surface area (Å²) >= 11 is 7.69. The van der Waals surface area contributed by atoms with Crippen molar-refractivity contribution in [3.63, 3.8) is 0 Å². The van der Waals surface area contributed by atoms with Gasteiger partial charge in [-0.3, -0.25) is 0 Å². The molecule has 0 N–H and O–H groups in total. The fourth-order valence-electron chi connectivity index (χ4n) is 3.87. The molecule has 2 rings (SSSR count). The van der Waals surface area contributed by atoms with Crippen molar-refractivity contribution in [1.82, 2.24) is 0 Å². The average molecular weight is 498 g/mol. The predicted molar refractivity (Wildman–Crippen MR) is 140 cm³/mol. The van der Waals surface area contributed by atoms with Gasteiger partial charge in [0.25, 0.3) is 0 Å². The molecule has 0 aromatic carbocycles. The molecule has 0 saturated carbocycles. The number of hydrogen-bond acceptors (Lipinski definition) is 2. The predicted octanol–water partition coefficient (Wildman–Crippen LogP) is 10.3. The normalized spacial score (nSPS) is 11.9. The molecule has 0 fully saturated rings. The molecule has 0 atom stereocenters. The number of unbranched alkanes of at least 4 members (excludes halogenated alkanes) is 6. The van der Waals surface area contributed by atoms with Crippen LogP contribution in [0.4, 0.5) is 0 Å². The Morgan fingerprint density at radius 3 is 2.03 bits per heavy atom. The van der Waals surface area contributed by atoms with E-state index in [1.54, 1.807) is 25.8 Å². The fourth-order valence-corrected chi connectivity index (χ4v) is 6.83. The molecule has 0 saturated heterocycles. The van der Waals surface area contributed by atoms with Gasteiger partial charge in [-0.15, -0.1) is 22.7 Å². The molecule has 0 aliphatic heterocycles. The molecule has 0 amide bonds. The second kappa shape index (κ2) is 13.3. The van der Waals surface area contributed by atoms with Crippen molar-refractivity contribution in [2.45, 2.75) is 111 Å². The van der Waals surface area contributed by atoms with E-state index in [2.05, 4.69) is 85.4 Å². The summed E-state index contributed by atoms with van der Waals surface area (Å²) in [5.41, 5.74) is 3.23. The lowest BCUT2D eigenvalue weighted by molar-refractivity contribution is 0.664.